The van der Waals surface area contributed by atoms with Crippen LogP contribution >= 0.6 is 22.9 Å². The topological polar surface area (TPSA) is 12.0 Å². The van der Waals surface area contributed by atoms with Gasteiger partial charge in [-0.15, -0.1) is 11.3 Å². The van der Waals surface area contributed by atoms with E-state index in [-0.39, 0.29) is 0 Å². The molecule has 19 heavy (non-hydrogen) atoms. The van der Waals surface area contributed by atoms with Crippen LogP contribution in [0.4, 0.5) is 0 Å². The van der Waals surface area contributed by atoms with Crippen molar-refractivity contribution in [3.8, 4) is 10.4 Å². The van der Waals surface area contributed by atoms with Gasteiger partial charge in [-0.2, -0.15) is 0 Å². The van der Waals surface area contributed by atoms with Crippen LogP contribution in [0.3, 0.4) is 0 Å². The molecule has 1 heterocycles. The molecule has 1 nitrogen and oxygen atoms in total. The molecule has 1 atom stereocenters. The van der Waals surface area contributed by atoms with Crippen LogP contribution in [0.5, 0.6) is 0 Å². The van der Waals surface area contributed by atoms with Gasteiger partial charge in [0.2, 0.25) is 0 Å². The molecule has 0 aliphatic carbocycles. The molecule has 102 valence electrons. The number of hydrogen-bond donors (Lipinski definition) is 1. The molecule has 0 saturated carbocycles. The second-order valence-electron chi connectivity index (χ2n) is 4.68. The van der Waals surface area contributed by atoms with Crippen LogP contribution < -0.4 is 5.32 Å². The van der Waals surface area contributed by atoms with Crippen molar-refractivity contribution < 1.29 is 0 Å². The van der Waals surface area contributed by atoms with Crippen LogP contribution in [0.1, 0.15) is 36.8 Å². The second-order valence-corrected chi connectivity index (χ2v) is 6.21. The summed E-state index contributed by atoms with van der Waals surface area (Å²) in [5.41, 5.74) is 2.33. The highest BCUT2D eigenvalue weighted by Crippen LogP contribution is 2.34. The largest absolute Gasteiger partial charge is 0.310 e. The Morgan fingerprint density at radius 3 is 2.63 bits per heavy atom. The normalized spacial score (nSPS) is 12.6. The number of nitrogens with one attached hydrogen (secondary N) is 1. The van der Waals surface area contributed by atoms with E-state index in [4.69, 9.17) is 11.6 Å². The summed E-state index contributed by atoms with van der Waals surface area (Å²) in [5, 5.41) is 4.36. The van der Waals surface area contributed by atoms with Crippen molar-refractivity contribution in [3.63, 3.8) is 0 Å². The molecule has 1 N–H and O–H groups in total. The minimum absolute atomic E-state index is 0.463. The smallest absolute Gasteiger partial charge is 0.0441 e. The van der Waals surface area contributed by atoms with E-state index in [1.807, 2.05) is 18.3 Å². The quantitative estimate of drug-likeness (QED) is 0.774. The Labute approximate surface area is 124 Å². The lowest BCUT2D eigenvalue weighted by Gasteiger charge is -2.13. The van der Waals surface area contributed by atoms with Gasteiger partial charge in [0, 0.05) is 20.8 Å². The fourth-order valence-corrected chi connectivity index (χ4v) is 3.48. The summed E-state index contributed by atoms with van der Waals surface area (Å²) in [5.74, 6) is 0. The van der Waals surface area contributed by atoms with E-state index < -0.39 is 0 Å². The first-order valence-electron chi connectivity index (χ1n) is 6.75. The molecule has 1 unspecified atom stereocenters. The van der Waals surface area contributed by atoms with Gasteiger partial charge in [-0.1, -0.05) is 37.6 Å². The van der Waals surface area contributed by atoms with Gasteiger partial charge in [-0.25, -0.2) is 0 Å². The fourth-order valence-electron chi connectivity index (χ4n) is 2.13. The number of aryl methyl sites for hydroxylation is 1. The standard InChI is InChI=1S/C16H20ClNS/c1-4-14(18-5-2)16-9-8-15(19-16)12-7-6-11(3)13(17)10-12/h6-10,14,18H,4-5H2,1-3H3. The van der Waals surface area contributed by atoms with Gasteiger partial charge >= 0.3 is 0 Å². The zero-order valence-electron chi connectivity index (χ0n) is 11.7. The van der Waals surface area contributed by atoms with Crippen molar-refractivity contribution >= 4 is 22.9 Å². The van der Waals surface area contributed by atoms with Crippen LogP contribution in [0, 0.1) is 6.92 Å². The van der Waals surface area contributed by atoms with Gasteiger partial charge in [0.15, 0.2) is 0 Å². The highest BCUT2D eigenvalue weighted by atomic mass is 35.5. The first kappa shape index (κ1) is 14.6. The summed E-state index contributed by atoms with van der Waals surface area (Å²) in [7, 11) is 0. The Morgan fingerprint density at radius 2 is 2.00 bits per heavy atom. The molecule has 1 aromatic heterocycles. The lowest BCUT2D eigenvalue weighted by Crippen LogP contribution is -2.18. The molecule has 2 rings (SSSR count). The summed E-state index contributed by atoms with van der Waals surface area (Å²) in [4.78, 5) is 2.68. The van der Waals surface area contributed by atoms with Crippen LogP contribution in [0.2, 0.25) is 5.02 Å². The molecular weight excluding hydrogens is 274 g/mol. The van der Waals surface area contributed by atoms with Gasteiger partial charge in [-0.05, 0) is 49.2 Å². The molecule has 2 aromatic rings. The Hall–Kier alpha value is -0.830. The summed E-state index contributed by atoms with van der Waals surface area (Å²) >= 11 is 8.05. The number of thiophene rings is 1. The van der Waals surface area contributed by atoms with E-state index in [2.05, 4.69) is 49.5 Å². The molecule has 3 heteroatoms. The fraction of sp³-hybridized carbons (Fsp3) is 0.375. The molecule has 0 amide bonds. The Morgan fingerprint density at radius 1 is 1.21 bits per heavy atom. The Kier molecular flexibility index (Phi) is 5.03. The predicted octanol–water partition coefficient (Wildman–Crippen LogP) is 5.44. The minimum Gasteiger partial charge on any atom is -0.310 e. The lowest BCUT2D eigenvalue weighted by atomic mass is 10.1. The maximum absolute atomic E-state index is 6.20. The molecular formula is C16H20ClNS. The third kappa shape index (κ3) is 3.38. The summed E-state index contributed by atoms with van der Waals surface area (Å²) in [6.45, 7) is 7.40. The highest BCUT2D eigenvalue weighted by Gasteiger charge is 2.11. The van der Waals surface area contributed by atoms with E-state index in [1.54, 1.807) is 0 Å². The van der Waals surface area contributed by atoms with E-state index in [0.29, 0.717) is 6.04 Å². The van der Waals surface area contributed by atoms with Gasteiger partial charge in [-0.3, -0.25) is 0 Å². The minimum atomic E-state index is 0.463. The average Bonchev–Trinajstić information content (AvgIpc) is 2.88. The first-order chi connectivity index (χ1) is 9.15. The van der Waals surface area contributed by atoms with Crippen LogP contribution in [0.15, 0.2) is 30.3 Å². The number of benzene rings is 1. The van der Waals surface area contributed by atoms with Crippen molar-refractivity contribution in [2.24, 2.45) is 0 Å². The maximum atomic E-state index is 6.20. The monoisotopic (exact) mass is 293 g/mol. The zero-order chi connectivity index (χ0) is 13.8. The number of hydrogen-bond acceptors (Lipinski definition) is 2. The maximum Gasteiger partial charge on any atom is 0.0441 e. The summed E-state index contributed by atoms with van der Waals surface area (Å²) in [6, 6.07) is 11.2. The van der Waals surface area contributed by atoms with Gasteiger partial charge in [0.1, 0.15) is 0 Å². The van der Waals surface area contributed by atoms with Crippen LogP contribution in [-0.2, 0) is 0 Å². The molecule has 0 aliphatic rings. The second kappa shape index (κ2) is 6.56. The summed E-state index contributed by atoms with van der Waals surface area (Å²) < 4.78 is 0. The predicted molar refractivity (Wildman–Crippen MR) is 86.2 cm³/mol. The average molecular weight is 294 g/mol. The van der Waals surface area contributed by atoms with Crippen molar-refractivity contribution in [1.29, 1.82) is 0 Å². The molecule has 0 radical (unpaired) electrons. The third-order valence-corrected chi connectivity index (χ3v) is 4.94. The molecule has 0 bridgehead atoms. The lowest BCUT2D eigenvalue weighted by molar-refractivity contribution is 0.545. The van der Waals surface area contributed by atoms with E-state index >= 15 is 0 Å². The van der Waals surface area contributed by atoms with E-state index in [9.17, 15) is 0 Å². The van der Waals surface area contributed by atoms with Gasteiger partial charge < -0.3 is 5.32 Å². The first-order valence-corrected chi connectivity index (χ1v) is 7.94. The van der Waals surface area contributed by atoms with Gasteiger partial charge in [0.25, 0.3) is 0 Å². The SMILES string of the molecule is CCNC(CC)c1ccc(-c2ccc(C)c(Cl)c2)s1. The molecule has 0 aliphatic heterocycles. The highest BCUT2D eigenvalue weighted by molar-refractivity contribution is 7.15. The molecule has 0 spiro atoms. The van der Waals surface area contributed by atoms with Crippen molar-refractivity contribution in [2.75, 3.05) is 6.54 Å². The Bertz CT molecular complexity index is 547. The number of halogens is 1. The molecule has 1 aromatic carbocycles. The van der Waals surface area contributed by atoms with Crippen molar-refractivity contribution in [1.82, 2.24) is 5.32 Å². The molecule has 0 fully saturated rings. The third-order valence-electron chi connectivity index (χ3n) is 3.29. The van der Waals surface area contributed by atoms with Crippen LogP contribution in [-0.4, -0.2) is 6.54 Å². The van der Waals surface area contributed by atoms with Crippen molar-refractivity contribution in [3.05, 3.63) is 45.8 Å². The number of rotatable bonds is 5. The molecule has 0 saturated heterocycles. The zero-order valence-corrected chi connectivity index (χ0v) is 13.2. The van der Waals surface area contributed by atoms with E-state index in [1.165, 1.54) is 15.3 Å². The van der Waals surface area contributed by atoms with Gasteiger partial charge in [0.05, 0.1) is 0 Å². The van der Waals surface area contributed by atoms with Crippen molar-refractivity contribution in [2.45, 2.75) is 33.2 Å². The Balaban J connectivity index is 2.27. The summed E-state index contributed by atoms with van der Waals surface area (Å²) in [6.07, 6.45) is 1.11. The van der Waals surface area contributed by atoms with E-state index in [0.717, 1.165) is 23.6 Å². The van der Waals surface area contributed by atoms with Crippen LogP contribution in [0.25, 0.3) is 10.4 Å².